The number of aromatic amines is 1. The fourth-order valence-electron chi connectivity index (χ4n) is 1.32. The number of hydrogen-bond donors (Lipinski definition) is 1. The molecule has 0 aliphatic heterocycles. The van der Waals surface area contributed by atoms with E-state index in [1.807, 2.05) is 25.1 Å². The average Bonchev–Trinajstić information content (AvgIpc) is 2.46. The molecule has 0 radical (unpaired) electrons. The van der Waals surface area contributed by atoms with Gasteiger partial charge in [-0.05, 0) is 18.6 Å². The normalized spacial score (nSPS) is 10.0. The van der Waals surface area contributed by atoms with Crippen LogP contribution in [-0.4, -0.2) is 4.98 Å². The van der Waals surface area contributed by atoms with Crippen molar-refractivity contribution in [2.24, 2.45) is 0 Å². The van der Waals surface area contributed by atoms with E-state index in [1.165, 1.54) is 5.56 Å². The highest BCUT2D eigenvalue weighted by molar-refractivity contribution is 5.93. The average molecular weight is 156 g/mol. The Labute approximate surface area is 70.7 Å². The number of H-pyrrole nitrogens is 1. The summed E-state index contributed by atoms with van der Waals surface area (Å²) in [6, 6.07) is 6.05. The largest absolute Gasteiger partial charge is 0.372 e. The summed E-state index contributed by atoms with van der Waals surface area (Å²) in [5, 5.41) is 1.01. The van der Waals surface area contributed by atoms with Crippen molar-refractivity contribution < 1.29 is 0 Å². The number of aromatic nitrogens is 1. The highest BCUT2D eigenvalue weighted by Crippen LogP contribution is 2.25. The van der Waals surface area contributed by atoms with Crippen molar-refractivity contribution in [2.45, 2.75) is 6.92 Å². The Morgan fingerprint density at radius 3 is 3.00 bits per heavy atom. The predicted molar refractivity (Wildman–Crippen MR) is 49.3 cm³/mol. The lowest BCUT2D eigenvalue weighted by Crippen LogP contribution is -1.70. The van der Waals surface area contributed by atoms with Gasteiger partial charge in [-0.25, -0.2) is 4.85 Å². The van der Waals surface area contributed by atoms with Gasteiger partial charge >= 0.3 is 0 Å². The van der Waals surface area contributed by atoms with Gasteiger partial charge in [0.05, 0.1) is 6.57 Å². The van der Waals surface area contributed by atoms with Gasteiger partial charge in [0.25, 0.3) is 0 Å². The molecule has 1 heterocycles. The number of nitrogens with one attached hydrogen (secondary N) is 1. The second-order valence-corrected chi connectivity index (χ2v) is 2.83. The van der Waals surface area contributed by atoms with Gasteiger partial charge in [-0.2, -0.15) is 0 Å². The number of aryl methyl sites for hydroxylation is 1. The molecule has 1 aromatic carbocycles. The van der Waals surface area contributed by atoms with E-state index < -0.39 is 0 Å². The molecule has 58 valence electrons. The van der Waals surface area contributed by atoms with E-state index in [-0.39, 0.29) is 0 Å². The van der Waals surface area contributed by atoms with Gasteiger partial charge < -0.3 is 4.98 Å². The minimum Gasteiger partial charge on any atom is -0.372 e. The highest BCUT2D eigenvalue weighted by atomic mass is 14.8. The summed E-state index contributed by atoms with van der Waals surface area (Å²) in [4.78, 5) is 6.47. The van der Waals surface area contributed by atoms with Crippen molar-refractivity contribution in [1.29, 1.82) is 0 Å². The molecule has 0 bridgehead atoms. The predicted octanol–water partition coefficient (Wildman–Crippen LogP) is 3.03. The third-order valence-electron chi connectivity index (χ3n) is 1.94. The number of benzene rings is 1. The van der Waals surface area contributed by atoms with Crippen LogP contribution in [0.5, 0.6) is 0 Å². The third kappa shape index (κ3) is 0.876. The first-order valence-corrected chi connectivity index (χ1v) is 3.76. The second-order valence-electron chi connectivity index (χ2n) is 2.83. The van der Waals surface area contributed by atoms with E-state index in [0.29, 0.717) is 5.69 Å². The Morgan fingerprint density at radius 2 is 2.25 bits per heavy atom. The van der Waals surface area contributed by atoms with E-state index in [4.69, 9.17) is 6.57 Å². The molecule has 0 saturated heterocycles. The first kappa shape index (κ1) is 6.93. The highest BCUT2D eigenvalue weighted by Gasteiger charge is 2.01. The van der Waals surface area contributed by atoms with Gasteiger partial charge in [0.2, 0.25) is 5.69 Å². The SMILES string of the molecule is [C-]#[N+]c1c[nH]c2cc(C)ccc12. The maximum absolute atomic E-state index is 6.90. The van der Waals surface area contributed by atoms with Crippen molar-refractivity contribution >= 4 is 16.6 Å². The molecule has 0 amide bonds. The number of rotatable bonds is 0. The van der Waals surface area contributed by atoms with Gasteiger partial charge in [-0.1, -0.05) is 12.1 Å². The molecule has 0 spiro atoms. The molecule has 2 aromatic rings. The maximum atomic E-state index is 6.90. The molecular formula is C10H8N2. The Hall–Kier alpha value is -1.75. The molecule has 1 N–H and O–H groups in total. The van der Waals surface area contributed by atoms with E-state index >= 15 is 0 Å². The smallest absolute Gasteiger partial charge is 0.211 e. The van der Waals surface area contributed by atoms with Crippen LogP contribution < -0.4 is 0 Å². The van der Waals surface area contributed by atoms with Gasteiger partial charge in [-0.3, -0.25) is 0 Å². The Balaban J connectivity index is 2.84. The van der Waals surface area contributed by atoms with Crippen LogP contribution >= 0.6 is 0 Å². The molecule has 0 fully saturated rings. The zero-order chi connectivity index (χ0) is 8.55. The van der Waals surface area contributed by atoms with Crippen molar-refractivity contribution in [3.8, 4) is 0 Å². The lowest BCUT2D eigenvalue weighted by atomic mass is 10.2. The topological polar surface area (TPSA) is 20.1 Å². The summed E-state index contributed by atoms with van der Waals surface area (Å²) < 4.78 is 0. The Morgan fingerprint density at radius 1 is 1.42 bits per heavy atom. The van der Waals surface area contributed by atoms with Crippen molar-refractivity contribution in [3.05, 3.63) is 41.4 Å². The van der Waals surface area contributed by atoms with Gasteiger partial charge in [0.1, 0.15) is 0 Å². The standard InChI is InChI=1S/C10H8N2/c1-7-3-4-8-9(5-7)12-6-10(8)11-2/h3-6,12H,1H3. The minimum atomic E-state index is 0.699. The van der Waals surface area contributed by atoms with Crippen LogP contribution in [0.15, 0.2) is 24.4 Å². The van der Waals surface area contributed by atoms with Crippen LogP contribution in [0.4, 0.5) is 5.69 Å². The monoisotopic (exact) mass is 156 g/mol. The Bertz CT molecular complexity index is 460. The molecule has 0 unspecified atom stereocenters. The minimum absolute atomic E-state index is 0.699. The quantitative estimate of drug-likeness (QED) is 0.566. The third-order valence-corrected chi connectivity index (χ3v) is 1.94. The van der Waals surface area contributed by atoms with Crippen LogP contribution in [0.1, 0.15) is 5.56 Å². The zero-order valence-corrected chi connectivity index (χ0v) is 6.76. The van der Waals surface area contributed by atoms with Gasteiger partial charge in [0, 0.05) is 17.1 Å². The summed E-state index contributed by atoms with van der Waals surface area (Å²) in [6.45, 7) is 8.94. The van der Waals surface area contributed by atoms with Crippen LogP contribution in [0.25, 0.3) is 15.7 Å². The number of hydrogen-bond acceptors (Lipinski definition) is 0. The first-order chi connectivity index (χ1) is 5.81. The van der Waals surface area contributed by atoms with Crippen LogP contribution in [-0.2, 0) is 0 Å². The zero-order valence-electron chi connectivity index (χ0n) is 6.76. The van der Waals surface area contributed by atoms with E-state index in [0.717, 1.165) is 10.9 Å². The number of nitrogens with zero attached hydrogens (tertiary/aromatic N) is 1. The fraction of sp³-hybridized carbons (Fsp3) is 0.100. The first-order valence-electron chi connectivity index (χ1n) is 3.76. The lowest BCUT2D eigenvalue weighted by Gasteiger charge is -1.92. The van der Waals surface area contributed by atoms with Crippen molar-refractivity contribution in [2.75, 3.05) is 0 Å². The summed E-state index contributed by atoms with van der Waals surface area (Å²) in [6.07, 6.45) is 1.75. The van der Waals surface area contributed by atoms with E-state index in [2.05, 4.69) is 9.83 Å². The second kappa shape index (κ2) is 2.38. The molecule has 0 aliphatic rings. The lowest BCUT2D eigenvalue weighted by molar-refractivity contribution is 1.44. The molecule has 0 atom stereocenters. The summed E-state index contributed by atoms with van der Waals surface area (Å²) in [5.41, 5.74) is 2.95. The molecule has 1 aromatic heterocycles. The van der Waals surface area contributed by atoms with Crippen LogP contribution in [0.3, 0.4) is 0 Å². The Kier molecular flexibility index (Phi) is 1.38. The van der Waals surface area contributed by atoms with E-state index in [1.54, 1.807) is 6.20 Å². The molecule has 0 aliphatic carbocycles. The summed E-state index contributed by atoms with van der Waals surface area (Å²) >= 11 is 0. The molecular weight excluding hydrogens is 148 g/mol. The molecule has 12 heavy (non-hydrogen) atoms. The van der Waals surface area contributed by atoms with Crippen LogP contribution in [0.2, 0.25) is 0 Å². The molecule has 2 nitrogen and oxygen atoms in total. The van der Waals surface area contributed by atoms with Crippen molar-refractivity contribution in [3.63, 3.8) is 0 Å². The van der Waals surface area contributed by atoms with E-state index in [9.17, 15) is 0 Å². The van der Waals surface area contributed by atoms with Gasteiger partial charge in [0.15, 0.2) is 0 Å². The summed E-state index contributed by atoms with van der Waals surface area (Å²) in [7, 11) is 0. The van der Waals surface area contributed by atoms with Crippen LogP contribution in [0, 0.1) is 13.5 Å². The summed E-state index contributed by atoms with van der Waals surface area (Å²) in [5.74, 6) is 0. The van der Waals surface area contributed by atoms with Crippen molar-refractivity contribution in [1.82, 2.24) is 4.98 Å². The molecule has 2 rings (SSSR count). The number of fused-ring (bicyclic) bond motifs is 1. The fourth-order valence-corrected chi connectivity index (χ4v) is 1.32. The maximum Gasteiger partial charge on any atom is 0.211 e. The van der Waals surface area contributed by atoms with Gasteiger partial charge in [-0.15, -0.1) is 0 Å². The molecule has 2 heteroatoms. The molecule has 0 saturated carbocycles.